The summed E-state index contributed by atoms with van der Waals surface area (Å²) in [5.41, 5.74) is 0.0811. The summed E-state index contributed by atoms with van der Waals surface area (Å²) < 4.78 is 6.20. The Labute approximate surface area is 197 Å². The Morgan fingerprint density at radius 3 is 2.58 bits per heavy atom. The first kappa shape index (κ1) is 24.7. The summed E-state index contributed by atoms with van der Waals surface area (Å²) in [4.78, 5) is 44.1. The molecule has 3 rings (SSSR count). The van der Waals surface area contributed by atoms with Crippen LogP contribution in [0, 0.1) is 0 Å². The number of amides is 2. The second-order valence-electron chi connectivity index (χ2n) is 8.08. The molecule has 1 saturated heterocycles. The van der Waals surface area contributed by atoms with Gasteiger partial charge >= 0.3 is 5.97 Å². The van der Waals surface area contributed by atoms with Gasteiger partial charge in [-0.05, 0) is 45.7 Å². The van der Waals surface area contributed by atoms with Gasteiger partial charge in [-0.3, -0.25) is 9.59 Å². The molecule has 0 atom stereocenters. The van der Waals surface area contributed by atoms with E-state index < -0.39 is 17.8 Å². The van der Waals surface area contributed by atoms with Crippen LogP contribution in [0.15, 0.2) is 24.4 Å². The maximum absolute atomic E-state index is 13.0. The lowest BCUT2D eigenvalue weighted by Crippen LogP contribution is -2.47. The summed E-state index contributed by atoms with van der Waals surface area (Å²) in [6.45, 7) is 7.66. The van der Waals surface area contributed by atoms with E-state index in [0.717, 1.165) is 25.9 Å². The van der Waals surface area contributed by atoms with Crippen LogP contribution in [0.1, 0.15) is 54.6 Å². The largest absolute Gasteiger partial charge is 0.461 e. The van der Waals surface area contributed by atoms with Crippen LogP contribution in [-0.4, -0.2) is 69.2 Å². The third-order valence-corrected chi connectivity index (χ3v) is 5.60. The SMILES string of the molecule is CCOC(=O)c1cc(C(=O)NC2CCN(C(C)C)CC2)n(CC(=O)Nc2ccc(Cl)cn2)n1. The summed E-state index contributed by atoms with van der Waals surface area (Å²) in [6.07, 6.45) is 3.06. The van der Waals surface area contributed by atoms with Crippen LogP contribution in [-0.2, 0) is 16.1 Å². The fourth-order valence-electron chi connectivity index (χ4n) is 3.61. The molecular formula is C22H29ClN6O4. The average Bonchev–Trinajstić information content (AvgIpc) is 3.20. The molecule has 1 aliphatic heterocycles. The van der Waals surface area contributed by atoms with Gasteiger partial charge < -0.3 is 20.3 Å². The number of esters is 1. The second-order valence-corrected chi connectivity index (χ2v) is 8.52. The van der Waals surface area contributed by atoms with Crippen LogP contribution < -0.4 is 10.6 Å². The molecule has 2 amide bonds. The molecule has 0 bridgehead atoms. The number of ether oxygens (including phenoxy) is 1. The van der Waals surface area contributed by atoms with Gasteiger partial charge in [0.1, 0.15) is 18.1 Å². The maximum atomic E-state index is 13.0. The van der Waals surface area contributed by atoms with Crippen LogP contribution in [0.4, 0.5) is 5.82 Å². The lowest BCUT2D eigenvalue weighted by Gasteiger charge is -2.34. The van der Waals surface area contributed by atoms with Gasteiger partial charge in [-0.1, -0.05) is 11.6 Å². The van der Waals surface area contributed by atoms with Crippen molar-refractivity contribution >= 4 is 35.2 Å². The zero-order valence-electron chi connectivity index (χ0n) is 19.0. The molecule has 2 aromatic heterocycles. The lowest BCUT2D eigenvalue weighted by molar-refractivity contribution is -0.116. The number of halogens is 1. The van der Waals surface area contributed by atoms with Crippen molar-refractivity contribution < 1.29 is 19.1 Å². The highest BCUT2D eigenvalue weighted by Gasteiger charge is 2.26. The van der Waals surface area contributed by atoms with E-state index in [9.17, 15) is 14.4 Å². The minimum Gasteiger partial charge on any atom is -0.461 e. The predicted octanol–water partition coefficient (Wildman–Crippen LogP) is 2.35. The van der Waals surface area contributed by atoms with Gasteiger partial charge in [0.05, 0.1) is 11.6 Å². The number of hydrogen-bond donors (Lipinski definition) is 2. The van der Waals surface area contributed by atoms with Crippen molar-refractivity contribution in [2.75, 3.05) is 25.0 Å². The fraction of sp³-hybridized carbons (Fsp3) is 0.500. The van der Waals surface area contributed by atoms with E-state index >= 15 is 0 Å². The van der Waals surface area contributed by atoms with Gasteiger partial charge in [-0.25, -0.2) is 14.5 Å². The smallest absolute Gasteiger partial charge is 0.358 e. The molecule has 0 saturated carbocycles. The second kappa shape index (κ2) is 11.2. The molecule has 33 heavy (non-hydrogen) atoms. The minimum atomic E-state index is -0.657. The van der Waals surface area contributed by atoms with E-state index in [-0.39, 0.29) is 30.6 Å². The van der Waals surface area contributed by atoms with E-state index in [4.69, 9.17) is 16.3 Å². The van der Waals surface area contributed by atoms with Crippen LogP contribution in [0.25, 0.3) is 0 Å². The van der Waals surface area contributed by atoms with Gasteiger partial charge in [0, 0.05) is 37.4 Å². The molecule has 10 nitrogen and oxygen atoms in total. The van der Waals surface area contributed by atoms with Crippen molar-refractivity contribution in [2.24, 2.45) is 0 Å². The number of pyridine rings is 1. The molecule has 0 aromatic carbocycles. The fourth-order valence-corrected chi connectivity index (χ4v) is 3.72. The van der Waals surface area contributed by atoms with E-state index in [0.29, 0.717) is 16.9 Å². The van der Waals surface area contributed by atoms with Gasteiger partial charge in [0.15, 0.2) is 5.69 Å². The van der Waals surface area contributed by atoms with E-state index in [1.54, 1.807) is 19.1 Å². The topological polar surface area (TPSA) is 118 Å². The molecule has 0 spiro atoms. The van der Waals surface area contributed by atoms with Crippen molar-refractivity contribution in [3.8, 4) is 0 Å². The van der Waals surface area contributed by atoms with Gasteiger partial charge in [0.25, 0.3) is 5.91 Å². The van der Waals surface area contributed by atoms with Crippen molar-refractivity contribution in [1.82, 2.24) is 25.0 Å². The summed E-state index contributed by atoms with van der Waals surface area (Å²) in [5.74, 6) is -1.19. The number of likely N-dealkylation sites (tertiary alicyclic amines) is 1. The lowest BCUT2D eigenvalue weighted by atomic mass is 10.0. The Morgan fingerprint density at radius 2 is 1.97 bits per heavy atom. The standard InChI is InChI=1S/C22H29ClN6O4/c1-4-33-22(32)17-11-18(21(31)25-16-7-9-28(10-8-16)14(2)3)29(27-17)13-20(30)26-19-6-5-15(23)12-24-19/h5-6,11-12,14,16H,4,7-10,13H2,1-3H3,(H,25,31)(H,24,26,30). The summed E-state index contributed by atoms with van der Waals surface area (Å²) >= 11 is 5.81. The van der Waals surface area contributed by atoms with Crippen molar-refractivity contribution in [3.05, 3.63) is 40.8 Å². The summed E-state index contributed by atoms with van der Waals surface area (Å²) in [6, 6.07) is 4.98. The van der Waals surface area contributed by atoms with Crippen LogP contribution >= 0.6 is 11.6 Å². The third-order valence-electron chi connectivity index (χ3n) is 5.38. The van der Waals surface area contributed by atoms with Gasteiger partial charge in [-0.2, -0.15) is 5.10 Å². The number of aromatic nitrogens is 3. The number of rotatable bonds is 8. The molecule has 11 heteroatoms. The zero-order chi connectivity index (χ0) is 24.0. The zero-order valence-corrected chi connectivity index (χ0v) is 19.8. The number of carbonyl (C=O) groups is 3. The Morgan fingerprint density at radius 1 is 1.24 bits per heavy atom. The number of nitrogens with one attached hydrogen (secondary N) is 2. The molecule has 0 radical (unpaired) electrons. The average molecular weight is 477 g/mol. The van der Waals surface area contributed by atoms with Crippen LogP contribution in [0.5, 0.6) is 0 Å². The Kier molecular flexibility index (Phi) is 8.40. The molecule has 1 aliphatic rings. The highest BCUT2D eigenvalue weighted by atomic mass is 35.5. The van der Waals surface area contributed by atoms with E-state index in [1.807, 2.05) is 0 Å². The molecule has 2 aromatic rings. The highest BCUT2D eigenvalue weighted by molar-refractivity contribution is 6.30. The Bertz CT molecular complexity index is 983. The molecular weight excluding hydrogens is 448 g/mol. The summed E-state index contributed by atoms with van der Waals surface area (Å²) in [5, 5.41) is 10.2. The Balaban J connectivity index is 1.72. The number of carbonyl (C=O) groups excluding carboxylic acids is 3. The highest BCUT2D eigenvalue weighted by Crippen LogP contribution is 2.15. The first-order chi connectivity index (χ1) is 15.8. The quantitative estimate of drug-likeness (QED) is 0.561. The number of hydrogen-bond acceptors (Lipinski definition) is 7. The monoisotopic (exact) mass is 476 g/mol. The van der Waals surface area contributed by atoms with Gasteiger partial charge in [-0.15, -0.1) is 0 Å². The maximum Gasteiger partial charge on any atom is 0.358 e. The minimum absolute atomic E-state index is 0.00832. The first-order valence-electron chi connectivity index (χ1n) is 11.0. The third kappa shape index (κ3) is 6.75. The molecule has 1 fully saturated rings. The van der Waals surface area contributed by atoms with E-state index in [2.05, 4.69) is 39.5 Å². The summed E-state index contributed by atoms with van der Waals surface area (Å²) in [7, 11) is 0. The number of nitrogens with zero attached hydrogens (tertiary/aromatic N) is 4. The van der Waals surface area contributed by atoms with Crippen LogP contribution in [0.2, 0.25) is 5.02 Å². The number of piperidine rings is 1. The van der Waals surface area contributed by atoms with Crippen LogP contribution in [0.3, 0.4) is 0 Å². The van der Waals surface area contributed by atoms with Crippen molar-refractivity contribution in [2.45, 2.75) is 52.2 Å². The number of anilines is 1. The Hall–Kier alpha value is -2.98. The van der Waals surface area contributed by atoms with Crippen molar-refractivity contribution in [3.63, 3.8) is 0 Å². The molecule has 0 unspecified atom stereocenters. The molecule has 0 aliphatic carbocycles. The normalized spacial score (nSPS) is 14.8. The van der Waals surface area contributed by atoms with Crippen molar-refractivity contribution in [1.29, 1.82) is 0 Å². The molecule has 3 heterocycles. The first-order valence-corrected chi connectivity index (χ1v) is 11.4. The predicted molar refractivity (Wildman–Crippen MR) is 123 cm³/mol. The van der Waals surface area contributed by atoms with Gasteiger partial charge in [0.2, 0.25) is 5.91 Å². The molecule has 2 N–H and O–H groups in total. The van der Waals surface area contributed by atoms with E-state index in [1.165, 1.54) is 16.9 Å². The molecule has 178 valence electrons.